The highest BCUT2D eigenvalue weighted by molar-refractivity contribution is 5.72. The van der Waals surface area contributed by atoms with Crippen LogP contribution in [-0.4, -0.2) is 55.4 Å². The number of anilines is 2. The Kier molecular flexibility index (Phi) is 7.23. The molecule has 2 aromatic rings. The molecule has 1 aromatic carbocycles. The predicted molar refractivity (Wildman–Crippen MR) is 134 cm³/mol. The van der Waals surface area contributed by atoms with Crippen LogP contribution in [0.2, 0.25) is 0 Å². The summed E-state index contributed by atoms with van der Waals surface area (Å²) < 4.78 is 0. The summed E-state index contributed by atoms with van der Waals surface area (Å²) in [6.07, 6.45) is 2.87. The van der Waals surface area contributed by atoms with Gasteiger partial charge in [-0.15, -0.1) is 0 Å². The molecule has 0 radical (unpaired) electrons. The summed E-state index contributed by atoms with van der Waals surface area (Å²) >= 11 is 0. The molecule has 6 heteroatoms. The number of aryl methyl sites for hydroxylation is 3. The molecule has 0 spiro atoms. The first-order valence-electron chi connectivity index (χ1n) is 11.1. The molecule has 1 N–H and O–H groups in total. The molecule has 1 aliphatic heterocycles. The smallest absolute Gasteiger partial charge is 0.142 e. The Labute approximate surface area is 192 Å². The van der Waals surface area contributed by atoms with E-state index in [0.29, 0.717) is 5.82 Å². The Morgan fingerprint density at radius 1 is 1.12 bits per heavy atom. The monoisotopic (exact) mass is 433 g/mol. The van der Waals surface area contributed by atoms with Crippen molar-refractivity contribution in [3.8, 4) is 0 Å². The van der Waals surface area contributed by atoms with E-state index in [1.54, 1.807) is 0 Å². The van der Waals surface area contributed by atoms with Gasteiger partial charge in [0.05, 0.1) is 11.9 Å². The van der Waals surface area contributed by atoms with Crippen molar-refractivity contribution >= 4 is 23.5 Å². The lowest BCUT2D eigenvalue weighted by atomic mass is 10.0. The number of carbonyl (C=O) groups excluding carboxylic acids is 1. The number of benzene rings is 1. The van der Waals surface area contributed by atoms with Crippen molar-refractivity contribution in [2.45, 2.75) is 33.7 Å². The highest BCUT2D eigenvalue weighted by atomic mass is 16.1. The molecule has 1 saturated heterocycles. The van der Waals surface area contributed by atoms with Crippen LogP contribution in [0.4, 0.5) is 11.5 Å². The van der Waals surface area contributed by atoms with Gasteiger partial charge >= 0.3 is 0 Å². The van der Waals surface area contributed by atoms with Crippen LogP contribution in [-0.2, 0) is 4.79 Å². The zero-order valence-electron chi connectivity index (χ0n) is 20.0. The lowest BCUT2D eigenvalue weighted by molar-refractivity contribution is -0.108. The lowest BCUT2D eigenvalue weighted by Gasteiger charge is -2.38. The molecular weight excluding hydrogens is 398 g/mol. The standard InChI is InChI=1S/C26H35N5O/c1-18-14-20(3)26(28-16-18)30-12-10-29(11-13-30)22(5)25-9-8-24(15-19(25)2)31(21(4)17-32)23(6)27-7/h8-9,14-17,21,27H,5-6,10-13H2,1-4,7H3. The average Bonchev–Trinajstić information content (AvgIpc) is 2.78. The Morgan fingerprint density at radius 2 is 1.81 bits per heavy atom. The van der Waals surface area contributed by atoms with Gasteiger partial charge in [-0.1, -0.05) is 25.3 Å². The van der Waals surface area contributed by atoms with Gasteiger partial charge in [-0.25, -0.2) is 4.98 Å². The number of aromatic nitrogens is 1. The number of nitrogens with zero attached hydrogens (tertiary/aromatic N) is 4. The molecule has 3 rings (SSSR count). The number of piperazine rings is 1. The van der Waals surface area contributed by atoms with Crippen molar-refractivity contribution in [3.63, 3.8) is 0 Å². The fourth-order valence-electron chi connectivity index (χ4n) is 4.34. The molecule has 1 aromatic heterocycles. The third-order valence-corrected chi connectivity index (χ3v) is 6.13. The van der Waals surface area contributed by atoms with Crippen LogP contribution in [0.25, 0.3) is 5.70 Å². The van der Waals surface area contributed by atoms with Gasteiger partial charge in [-0.2, -0.15) is 0 Å². The van der Waals surface area contributed by atoms with E-state index in [-0.39, 0.29) is 6.04 Å². The largest absolute Gasteiger partial charge is 0.375 e. The number of hydrogen-bond donors (Lipinski definition) is 1. The second-order valence-corrected chi connectivity index (χ2v) is 8.52. The Bertz CT molecular complexity index is 1010. The molecule has 0 saturated carbocycles. The fourth-order valence-corrected chi connectivity index (χ4v) is 4.34. The maximum absolute atomic E-state index is 11.4. The molecule has 2 heterocycles. The van der Waals surface area contributed by atoms with Gasteiger partial charge in [0.25, 0.3) is 0 Å². The van der Waals surface area contributed by atoms with Crippen LogP contribution in [0.5, 0.6) is 0 Å². The van der Waals surface area contributed by atoms with Gasteiger partial charge in [-0.05, 0) is 56.5 Å². The molecule has 170 valence electrons. The maximum atomic E-state index is 11.4. The summed E-state index contributed by atoms with van der Waals surface area (Å²) in [7, 11) is 1.81. The van der Waals surface area contributed by atoms with Gasteiger partial charge in [0.1, 0.15) is 12.1 Å². The normalized spacial score (nSPS) is 14.7. The first kappa shape index (κ1) is 23.4. The lowest BCUT2D eigenvalue weighted by Crippen LogP contribution is -2.46. The summed E-state index contributed by atoms with van der Waals surface area (Å²) in [5.41, 5.74) is 6.63. The second kappa shape index (κ2) is 9.90. The van der Waals surface area contributed by atoms with E-state index < -0.39 is 0 Å². The first-order chi connectivity index (χ1) is 15.3. The summed E-state index contributed by atoms with van der Waals surface area (Å²) in [5, 5.41) is 3.05. The van der Waals surface area contributed by atoms with Crippen molar-refractivity contribution in [3.05, 3.63) is 71.7 Å². The summed E-state index contributed by atoms with van der Waals surface area (Å²) in [6, 6.07) is 8.11. The minimum absolute atomic E-state index is 0.310. The minimum Gasteiger partial charge on any atom is -0.375 e. The minimum atomic E-state index is -0.310. The predicted octanol–water partition coefficient (Wildman–Crippen LogP) is 3.88. The first-order valence-corrected chi connectivity index (χ1v) is 11.1. The van der Waals surface area contributed by atoms with E-state index in [2.05, 4.69) is 72.2 Å². The molecule has 1 fully saturated rings. The van der Waals surface area contributed by atoms with Crippen molar-refractivity contribution in [1.82, 2.24) is 15.2 Å². The van der Waals surface area contributed by atoms with Crippen molar-refractivity contribution < 1.29 is 4.79 Å². The van der Waals surface area contributed by atoms with Crippen LogP contribution in [0.3, 0.4) is 0 Å². The Balaban J connectivity index is 1.73. The van der Waals surface area contributed by atoms with E-state index in [4.69, 9.17) is 0 Å². The van der Waals surface area contributed by atoms with E-state index in [0.717, 1.165) is 60.8 Å². The third-order valence-electron chi connectivity index (χ3n) is 6.13. The zero-order chi connectivity index (χ0) is 23.4. The number of rotatable bonds is 8. The van der Waals surface area contributed by atoms with E-state index in [1.807, 2.05) is 31.1 Å². The van der Waals surface area contributed by atoms with Crippen LogP contribution in [0, 0.1) is 20.8 Å². The second-order valence-electron chi connectivity index (χ2n) is 8.52. The quantitative estimate of drug-likeness (QED) is 0.638. The van der Waals surface area contributed by atoms with Gasteiger partial charge in [0.2, 0.25) is 0 Å². The molecule has 1 atom stereocenters. The average molecular weight is 434 g/mol. The fraction of sp³-hybridized carbons (Fsp3) is 0.385. The topological polar surface area (TPSA) is 51.7 Å². The van der Waals surface area contributed by atoms with Crippen LogP contribution >= 0.6 is 0 Å². The highest BCUT2D eigenvalue weighted by Crippen LogP contribution is 2.29. The molecule has 0 bridgehead atoms. The Hall–Kier alpha value is -3.28. The maximum Gasteiger partial charge on any atom is 0.142 e. The van der Waals surface area contributed by atoms with Crippen molar-refractivity contribution in [2.75, 3.05) is 43.0 Å². The number of hydrogen-bond acceptors (Lipinski definition) is 6. The molecule has 32 heavy (non-hydrogen) atoms. The Morgan fingerprint density at radius 3 is 2.38 bits per heavy atom. The number of pyridine rings is 1. The van der Waals surface area contributed by atoms with Crippen molar-refractivity contribution in [1.29, 1.82) is 0 Å². The van der Waals surface area contributed by atoms with Crippen molar-refractivity contribution in [2.24, 2.45) is 0 Å². The number of nitrogens with one attached hydrogen (secondary N) is 1. The van der Waals surface area contributed by atoms with Gasteiger partial charge in [0.15, 0.2) is 0 Å². The number of carbonyl (C=O) groups is 1. The van der Waals surface area contributed by atoms with E-state index in [9.17, 15) is 4.79 Å². The van der Waals surface area contributed by atoms with E-state index in [1.165, 1.54) is 11.1 Å². The van der Waals surface area contributed by atoms with Gasteiger partial charge in [0, 0.05) is 56.4 Å². The molecule has 1 unspecified atom stereocenters. The molecule has 0 aliphatic carbocycles. The highest BCUT2D eigenvalue weighted by Gasteiger charge is 2.22. The van der Waals surface area contributed by atoms with Crippen LogP contribution < -0.4 is 15.1 Å². The zero-order valence-corrected chi connectivity index (χ0v) is 20.0. The summed E-state index contributed by atoms with van der Waals surface area (Å²) in [5.74, 6) is 1.77. The molecule has 0 amide bonds. The van der Waals surface area contributed by atoms with Gasteiger partial charge < -0.3 is 24.8 Å². The number of aldehydes is 1. The summed E-state index contributed by atoms with van der Waals surface area (Å²) in [4.78, 5) is 22.7. The van der Waals surface area contributed by atoms with Gasteiger partial charge in [-0.3, -0.25) is 0 Å². The summed E-state index contributed by atoms with van der Waals surface area (Å²) in [6.45, 7) is 20.2. The molecule has 6 nitrogen and oxygen atoms in total. The van der Waals surface area contributed by atoms with E-state index >= 15 is 0 Å². The van der Waals surface area contributed by atoms with Crippen LogP contribution in [0.1, 0.15) is 29.2 Å². The SMILES string of the molecule is C=C(c1ccc(N(C(=C)NC)C(C)C=O)cc1C)N1CCN(c2ncc(C)cc2C)CC1. The molecule has 1 aliphatic rings. The third kappa shape index (κ3) is 4.79. The molecular formula is C26H35N5O. The van der Waals surface area contributed by atoms with Crippen LogP contribution in [0.15, 0.2) is 49.4 Å².